The number of nitrogens with one attached hydrogen (secondary N) is 1. The SMILES string of the molecule is CC/C=C/C=C/C=C/CCCCCCCCCC(=O)OC(CCCCCCC/C=C\C/C=C\CCCCC)CC(=O)NC(CO)C(O)CCCCCCCCCCCCCCCC. The van der Waals surface area contributed by atoms with Crippen LogP contribution in [-0.2, 0) is 14.3 Å². The summed E-state index contributed by atoms with van der Waals surface area (Å²) in [4.78, 5) is 26.2. The summed E-state index contributed by atoms with van der Waals surface area (Å²) in [5.74, 6) is -0.497. The number of carbonyl (C=O) groups is 2. The Bertz CT molecular complexity index is 1130. The van der Waals surface area contributed by atoms with Gasteiger partial charge in [0.1, 0.15) is 6.10 Å². The average molecular weight is 882 g/mol. The number of hydrogen-bond acceptors (Lipinski definition) is 5. The lowest BCUT2D eigenvalue weighted by molar-refractivity contribution is -0.151. The summed E-state index contributed by atoms with van der Waals surface area (Å²) in [5.41, 5.74) is 0. The van der Waals surface area contributed by atoms with Crippen LogP contribution in [-0.4, -0.2) is 46.9 Å². The van der Waals surface area contributed by atoms with Crippen molar-refractivity contribution in [1.29, 1.82) is 0 Å². The second-order valence-electron chi connectivity index (χ2n) is 18.3. The number of ether oxygens (including phenoxy) is 1. The Kier molecular flexibility index (Phi) is 48.6. The summed E-state index contributed by atoms with van der Waals surface area (Å²) in [5, 5.41) is 23.8. The maximum atomic E-state index is 13.2. The fourth-order valence-electron chi connectivity index (χ4n) is 8.05. The molecule has 0 heterocycles. The molecule has 0 radical (unpaired) electrons. The number of hydrogen-bond donors (Lipinski definition) is 3. The van der Waals surface area contributed by atoms with E-state index in [1.165, 1.54) is 135 Å². The van der Waals surface area contributed by atoms with Crippen molar-refractivity contribution >= 4 is 11.9 Å². The number of unbranched alkanes of at least 4 members (excludes halogenated alkanes) is 28. The molecule has 0 saturated heterocycles. The number of allylic oxidation sites excluding steroid dienone is 10. The van der Waals surface area contributed by atoms with Crippen molar-refractivity contribution in [2.45, 2.75) is 283 Å². The fraction of sp³-hybridized carbons (Fsp3) is 0.789. The Balaban J connectivity index is 4.61. The van der Waals surface area contributed by atoms with Gasteiger partial charge in [-0.05, 0) is 77.0 Å². The zero-order valence-corrected chi connectivity index (χ0v) is 41.7. The van der Waals surface area contributed by atoms with Crippen LogP contribution in [0, 0.1) is 0 Å². The molecule has 6 nitrogen and oxygen atoms in total. The molecule has 3 unspecified atom stereocenters. The first kappa shape index (κ1) is 60.6. The molecular weight excluding hydrogens is 779 g/mol. The van der Waals surface area contributed by atoms with Gasteiger partial charge in [0.15, 0.2) is 0 Å². The highest BCUT2D eigenvalue weighted by Crippen LogP contribution is 2.18. The van der Waals surface area contributed by atoms with Crippen molar-refractivity contribution in [3.05, 3.63) is 60.8 Å². The number of aliphatic hydroxyl groups excluding tert-OH is 2. The summed E-state index contributed by atoms with van der Waals surface area (Å²) in [6, 6.07) is -0.710. The second-order valence-corrected chi connectivity index (χ2v) is 18.3. The average Bonchev–Trinajstić information content (AvgIpc) is 3.28. The molecule has 0 rings (SSSR count). The van der Waals surface area contributed by atoms with Crippen molar-refractivity contribution in [3.8, 4) is 0 Å². The quantitative estimate of drug-likeness (QED) is 0.0245. The first-order valence-electron chi connectivity index (χ1n) is 27.0. The molecule has 0 fully saturated rings. The van der Waals surface area contributed by atoms with Crippen LogP contribution in [0.4, 0.5) is 0 Å². The molecular formula is C57H103NO5. The molecule has 0 spiro atoms. The summed E-state index contributed by atoms with van der Waals surface area (Å²) in [6.07, 6.45) is 62.7. The fourth-order valence-corrected chi connectivity index (χ4v) is 8.05. The predicted octanol–water partition coefficient (Wildman–Crippen LogP) is 16.4. The van der Waals surface area contributed by atoms with Crippen LogP contribution < -0.4 is 5.32 Å². The molecule has 6 heteroatoms. The van der Waals surface area contributed by atoms with Crippen LogP contribution in [0.15, 0.2) is 60.8 Å². The second kappa shape index (κ2) is 50.6. The van der Waals surface area contributed by atoms with E-state index in [4.69, 9.17) is 4.74 Å². The number of aliphatic hydroxyl groups is 2. The molecule has 0 aliphatic carbocycles. The van der Waals surface area contributed by atoms with Crippen LogP contribution in [0.3, 0.4) is 0 Å². The highest BCUT2D eigenvalue weighted by Gasteiger charge is 2.24. The summed E-state index contributed by atoms with van der Waals surface area (Å²) < 4.78 is 5.94. The third kappa shape index (κ3) is 45.9. The molecule has 0 saturated carbocycles. The van der Waals surface area contributed by atoms with Crippen molar-refractivity contribution in [3.63, 3.8) is 0 Å². The minimum absolute atomic E-state index is 0.0625. The Hall–Kier alpha value is -2.44. The van der Waals surface area contributed by atoms with E-state index >= 15 is 0 Å². The molecule has 0 bridgehead atoms. The normalized spacial score (nSPS) is 13.7. The van der Waals surface area contributed by atoms with Gasteiger partial charge in [0.05, 0.1) is 25.2 Å². The van der Waals surface area contributed by atoms with E-state index in [0.717, 1.165) is 83.5 Å². The molecule has 1 amide bonds. The van der Waals surface area contributed by atoms with Crippen LogP contribution in [0.5, 0.6) is 0 Å². The monoisotopic (exact) mass is 882 g/mol. The lowest BCUT2D eigenvalue weighted by Gasteiger charge is -2.24. The summed E-state index contributed by atoms with van der Waals surface area (Å²) in [7, 11) is 0. The third-order valence-electron chi connectivity index (χ3n) is 12.1. The van der Waals surface area contributed by atoms with Crippen LogP contribution in [0.2, 0.25) is 0 Å². The van der Waals surface area contributed by atoms with Gasteiger partial charge in [0.25, 0.3) is 0 Å². The van der Waals surface area contributed by atoms with Gasteiger partial charge in [-0.25, -0.2) is 0 Å². The largest absolute Gasteiger partial charge is 0.462 e. The van der Waals surface area contributed by atoms with Gasteiger partial charge in [-0.15, -0.1) is 0 Å². The molecule has 366 valence electrons. The van der Waals surface area contributed by atoms with Crippen LogP contribution >= 0.6 is 0 Å². The lowest BCUT2D eigenvalue weighted by Crippen LogP contribution is -2.46. The lowest BCUT2D eigenvalue weighted by atomic mass is 10.0. The maximum absolute atomic E-state index is 13.2. The predicted molar refractivity (Wildman–Crippen MR) is 273 cm³/mol. The molecule has 3 atom stereocenters. The van der Waals surface area contributed by atoms with E-state index in [1.807, 2.05) is 0 Å². The third-order valence-corrected chi connectivity index (χ3v) is 12.1. The topological polar surface area (TPSA) is 95.9 Å². The number of amides is 1. The standard InChI is InChI=1S/C57H103NO5/c1-4-7-10-13-16-19-22-25-28-30-33-36-39-42-45-48-53(63-57(62)50-47-44-41-38-35-32-29-26-23-20-17-14-11-8-5-2)51-56(61)58-54(52-59)55(60)49-46-43-40-37-34-31-27-24-21-18-15-12-9-6-3/h8,11,14,16-17,19-20,23,25,28,53-55,59-60H,4-7,9-10,12-13,15,18,21-22,24,26-27,29-52H2,1-3H3,(H,58,61)/b11-8+,17-14+,19-16-,23-20+,28-25-. The van der Waals surface area contributed by atoms with Gasteiger partial charge < -0.3 is 20.3 Å². The number of rotatable bonds is 48. The Morgan fingerprint density at radius 1 is 0.492 bits per heavy atom. The molecule has 0 aliphatic heterocycles. The first-order chi connectivity index (χ1) is 31.0. The first-order valence-corrected chi connectivity index (χ1v) is 27.0. The Labute approximate surface area is 390 Å². The van der Waals surface area contributed by atoms with Gasteiger partial charge >= 0.3 is 5.97 Å². The summed E-state index contributed by atoms with van der Waals surface area (Å²) in [6.45, 7) is 6.34. The highest BCUT2D eigenvalue weighted by atomic mass is 16.5. The van der Waals surface area contributed by atoms with Gasteiger partial charge in [-0.2, -0.15) is 0 Å². The summed E-state index contributed by atoms with van der Waals surface area (Å²) >= 11 is 0. The zero-order valence-electron chi connectivity index (χ0n) is 41.7. The molecule has 3 N–H and O–H groups in total. The minimum atomic E-state index is -0.795. The van der Waals surface area contributed by atoms with E-state index < -0.39 is 18.2 Å². The van der Waals surface area contributed by atoms with Gasteiger partial charge in [0, 0.05) is 6.42 Å². The van der Waals surface area contributed by atoms with E-state index in [2.05, 4.69) is 86.8 Å². The minimum Gasteiger partial charge on any atom is -0.462 e. The van der Waals surface area contributed by atoms with Gasteiger partial charge in [0.2, 0.25) is 5.91 Å². The van der Waals surface area contributed by atoms with E-state index in [1.54, 1.807) is 0 Å². The maximum Gasteiger partial charge on any atom is 0.306 e. The van der Waals surface area contributed by atoms with Crippen molar-refractivity contribution in [2.75, 3.05) is 6.61 Å². The van der Waals surface area contributed by atoms with Crippen molar-refractivity contribution in [1.82, 2.24) is 5.32 Å². The smallest absolute Gasteiger partial charge is 0.306 e. The van der Waals surface area contributed by atoms with E-state index in [-0.39, 0.29) is 24.9 Å². The molecule has 0 aliphatic rings. The highest BCUT2D eigenvalue weighted by molar-refractivity contribution is 5.77. The van der Waals surface area contributed by atoms with Gasteiger partial charge in [-0.1, -0.05) is 236 Å². The van der Waals surface area contributed by atoms with E-state index in [9.17, 15) is 19.8 Å². The van der Waals surface area contributed by atoms with Crippen molar-refractivity contribution in [2.24, 2.45) is 0 Å². The molecule has 63 heavy (non-hydrogen) atoms. The van der Waals surface area contributed by atoms with Crippen LogP contribution in [0.25, 0.3) is 0 Å². The van der Waals surface area contributed by atoms with Crippen molar-refractivity contribution < 1.29 is 24.5 Å². The Morgan fingerprint density at radius 2 is 0.921 bits per heavy atom. The molecule has 0 aromatic carbocycles. The zero-order chi connectivity index (χ0) is 45.9. The number of esters is 1. The van der Waals surface area contributed by atoms with Gasteiger partial charge in [-0.3, -0.25) is 9.59 Å². The van der Waals surface area contributed by atoms with Crippen LogP contribution in [0.1, 0.15) is 265 Å². The molecule has 0 aromatic rings. The Morgan fingerprint density at radius 3 is 1.44 bits per heavy atom. The number of carbonyl (C=O) groups excluding carboxylic acids is 2. The molecule has 0 aromatic heterocycles. The van der Waals surface area contributed by atoms with E-state index in [0.29, 0.717) is 19.3 Å².